The van der Waals surface area contributed by atoms with Crippen LogP contribution in [-0.4, -0.2) is 49.7 Å². The lowest BCUT2D eigenvalue weighted by atomic mass is 10.2. The number of hydrogen-bond donors (Lipinski definition) is 2. The molecule has 0 saturated carbocycles. The predicted molar refractivity (Wildman–Crippen MR) is 85.4 cm³/mol. The van der Waals surface area contributed by atoms with Gasteiger partial charge < -0.3 is 10.1 Å². The number of imide groups is 1. The summed E-state index contributed by atoms with van der Waals surface area (Å²) in [6, 6.07) is 5.48. The van der Waals surface area contributed by atoms with Gasteiger partial charge in [0.25, 0.3) is 0 Å². The predicted octanol–water partition coefficient (Wildman–Crippen LogP) is 1.51. The number of urea groups is 1. The summed E-state index contributed by atoms with van der Waals surface area (Å²) in [6.45, 7) is 5.12. The quantitative estimate of drug-likeness (QED) is 0.760. The Balaban J connectivity index is 2.45. The fourth-order valence-electron chi connectivity index (χ4n) is 2.09. The Bertz CT molecular complexity index is 525. The van der Waals surface area contributed by atoms with Crippen molar-refractivity contribution in [1.82, 2.24) is 15.5 Å². The molecule has 0 aromatic heterocycles. The highest BCUT2D eigenvalue weighted by atomic mass is 19.1. The maximum atomic E-state index is 13.2. The number of nitrogens with one attached hydrogen (secondary N) is 2. The van der Waals surface area contributed by atoms with Crippen LogP contribution in [-0.2, 0) is 16.1 Å². The lowest BCUT2D eigenvalue weighted by Crippen LogP contribution is -2.47. The van der Waals surface area contributed by atoms with Crippen LogP contribution in [0.5, 0.6) is 0 Å². The van der Waals surface area contributed by atoms with Gasteiger partial charge in [-0.25, -0.2) is 9.18 Å². The summed E-state index contributed by atoms with van der Waals surface area (Å²) in [4.78, 5) is 25.4. The number of likely N-dealkylation sites (N-methyl/N-ethyl adjacent to an activating group) is 1. The molecule has 3 amide bonds. The zero-order chi connectivity index (χ0) is 17.2. The minimum absolute atomic E-state index is 0.0547. The molecule has 0 fully saturated rings. The Kier molecular flexibility index (Phi) is 8.21. The first-order valence-electron chi connectivity index (χ1n) is 7.50. The van der Waals surface area contributed by atoms with Crippen molar-refractivity contribution in [1.29, 1.82) is 0 Å². The number of nitrogens with zero attached hydrogens (tertiary/aromatic N) is 1. The molecule has 1 rings (SSSR count). The van der Waals surface area contributed by atoms with Gasteiger partial charge in [-0.05, 0) is 31.2 Å². The maximum Gasteiger partial charge on any atom is 0.321 e. The van der Waals surface area contributed by atoms with Crippen LogP contribution < -0.4 is 10.6 Å². The van der Waals surface area contributed by atoms with E-state index in [2.05, 4.69) is 10.6 Å². The van der Waals surface area contributed by atoms with Gasteiger partial charge in [-0.3, -0.25) is 15.0 Å². The highest BCUT2D eigenvalue weighted by molar-refractivity contribution is 5.95. The van der Waals surface area contributed by atoms with E-state index in [1.165, 1.54) is 19.2 Å². The summed E-state index contributed by atoms with van der Waals surface area (Å²) in [6.07, 6.45) is 0. The molecule has 128 valence electrons. The molecule has 0 saturated heterocycles. The summed E-state index contributed by atoms with van der Waals surface area (Å²) in [5, 5.41) is 4.87. The van der Waals surface area contributed by atoms with E-state index in [0.29, 0.717) is 19.7 Å². The molecular weight excluding hydrogens is 301 g/mol. The average molecular weight is 325 g/mol. The van der Waals surface area contributed by atoms with Crippen LogP contribution in [0.4, 0.5) is 9.18 Å². The number of halogens is 1. The second kappa shape index (κ2) is 9.91. The molecule has 0 bridgehead atoms. The normalized spacial score (nSPS) is 12.0. The number of rotatable bonds is 8. The third-order valence-electron chi connectivity index (χ3n) is 3.16. The van der Waals surface area contributed by atoms with Crippen LogP contribution in [0.25, 0.3) is 0 Å². The zero-order valence-electron chi connectivity index (χ0n) is 13.8. The van der Waals surface area contributed by atoms with Crippen molar-refractivity contribution in [3.05, 3.63) is 35.6 Å². The molecule has 23 heavy (non-hydrogen) atoms. The first kappa shape index (κ1) is 19.1. The lowest BCUT2D eigenvalue weighted by molar-refractivity contribution is -0.121. The Labute approximate surface area is 136 Å². The molecule has 1 aromatic carbocycles. The van der Waals surface area contributed by atoms with Crippen LogP contribution >= 0.6 is 0 Å². The molecule has 1 atom stereocenters. The van der Waals surface area contributed by atoms with Gasteiger partial charge in [-0.2, -0.15) is 0 Å². The smallest absolute Gasteiger partial charge is 0.321 e. The van der Waals surface area contributed by atoms with E-state index < -0.39 is 11.9 Å². The third kappa shape index (κ3) is 7.71. The van der Waals surface area contributed by atoms with E-state index in [9.17, 15) is 14.0 Å². The van der Waals surface area contributed by atoms with Gasteiger partial charge in [0.05, 0.1) is 19.2 Å². The Hall–Kier alpha value is -1.99. The van der Waals surface area contributed by atoms with Gasteiger partial charge in [0.1, 0.15) is 5.82 Å². The number of ether oxygens (including phenoxy) is 1. The highest BCUT2D eigenvalue weighted by Gasteiger charge is 2.14. The van der Waals surface area contributed by atoms with E-state index in [0.717, 1.165) is 5.56 Å². The second-order valence-electron chi connectivity index (χ2n) is 5.31. The fraction of sp³-hybridized carbons (Fsp3) is 0.500. The van der Waals surface area contributed by atoms with Crippen molar-refractivity contribution < 1.29 is 18.7 Å². The molecule has 0 spiro atoms. The molecule has 7 heteroatoms. The van der Waals surface area contributed by atoms with E-state index >= 15 is 0 Å². The van der Waals surface area contributed by atoms with Gasteiger partial charge in [0.15, 0.2) is 0 Å². The maximum absolute atomic E-state index is 13.2. The van der Waals surface area contributed by atoms with Crippen LogP contribution in [0.2, 0.25) is 0 Å². The molecule has 1 unspecified atom stereocenters. The van der Waals surface area contributed by atoms with Crippen molar-refractivity contribution in [2.45, 2.75) is 26.4 Å². The Morgan fingerprint density at radius 2 is 2.13 bits per heavy atom. The van der Waals surface area contributed by atoms with Gasteiger partial charge in [0.2, 0.25) is 5.91 Å². The van der Waals surface area contributed by atoms with Gasteiger partial charge >= 0.3 is 6.03 Å². The molecule has 0 aliphatic carbocycles. The second-order valence-corrected chi connectivity index (χ2v) is 5.31. The van der Waals surface area contributed by atoms with Crippen molar-refractivity contribution in [3.63, 3.8) is 0 Å². The van der Waals surface area contributed by atoms with Crippen molar-refractivity contribution in [2.24, 2.45) is 0 Å². The largest absolute Gasteiger partial charge is 0.383 e. The van der Waals surface area contributed by atoms with E-state index in [1.54, 1.807) is 19.1 Å². The molecule has 0 aliphatic heterocycles. The average Bonchev–Trinajstić information content (AvgIpc) is 2.46. The summed E-state index contributed by atoms with van der Waals surface area (Å²) < 4.78 is 18.1. The molecule has 1 aromatic rings. The summed E-state index contributed by atoms with van der Waals surface area (Å²) in [7, 11) is 1.53. The van der Waals surface area contributed by atoms with E-state index in [-0.39, 0.29) is 18.4 Å². The number of methoxy groups -OCH3 is 1. The monoisotopic (exact) mass is 325 g/mol. The zero-order valence-corrected chi connectivity index (χ0v) is 13.8. The molecule has 6 nitrogen and oxygen atoms in total. The number of hydrogen-bond acceptors (Lipinski definition) is 4. The molecule has 0 aliphatic rings. The van der Waals surface area contributed by atoms with Crippen LogP contribution in [0.1, 0.15) is 19.4 Å². The third-order valence-corrected chi connectivity index (χ3v) is 3.16. The summed E-state index contributed by atoms with van der Waals surface area (Å²) >= 11 is 0. The Morgan fingerprint density at radius 3 is 2.74 bits per heavy atom. The van der Waals surface area contributed by atoms with Crippen molar-refractivity contribution in [3.8, 4) is 0 Å². The molecule has 0 heterocycles. The first-order valence-corrected chi connectivity index (χ1v) is 7.50. The van der Waals surface area contributed by atoms with Crippen LogP contribution in [0, 0.1) is 5.82 Å². The SMILES string of the molecule is CCN(CC(=O)NC(=O)NC(C)COC)Cc1cccc(F)c1. The standard InChI is InChI=1S/C16H24FN3O3/c1-4-20(9-13-6-5-7-14(17)8-13)10-15(21)19-16(22)18-12(2)11-23-3/h5-8,12H,4,9-11H2,1-3H3,(H2,18,19,21,22). The van der Waals surface area contributed by atoms with Gasteiger partial charge in [0, 0.05) is 13.7 Å². The van der Waals surface area contributed by atoms with Gasteiger partial charge in [-0.15, -0.1) is 0 Å². The number of carbonyl (C=O) groups is 2. The molecule has 0 radical (unpaired) electrons. The van der Waals surface area contributed by atoms with Crippen molar-refractivity contribution >= 4 is 11.9 Å². The van der Waals surface area contributed by atoms with Crippen molar-refractivity contribution in [2.75, 3.05) is 26.8 Å². The minimum atomic E-state index is -0.554. The van der Waals surface area contributed by atoms with Gasteiger partial charge in [-0.1, -0.05) is 19.1 Å². The van der Waals surface area contributed by atoms with Crippen LogP contribution in [0.15, 0.2) is 24.3 Å². The summed E-state index contributed by atoms with van der Waals surface area (Å²) in [5.41, 5.74) is 0.776. The topological polar surface area (TPSA) is 70.7 Å². The summed E-state index contributed by atoms with van der Waals surface area (Å²) in [5.74, 6) is -0.722. The van der Waals surface area contributed by atoms with E-state index in [1.807, 2.05) is 11.8 Å². The molecular formula is C16H24FN3O3. The molecule has 2 N–H and O–H groups in total. The highest BCUT2D eigenvalue weighted by Crippen LogP contribution is 2.07. The van der Waals surface area contributed by atoms with Crippen LogP contribution in [0.3, 0.4) is 0 Å². The number of amides is 3. The van der Waals surface area contributed by atoms with E-state index in [4.69, 9.17) is 4.74 Å². The Morgan fingerprint density at radius 1 is 1.39 bits per heavy atom. The minimum Gasteiger partial charge on any atom is -0.383 e. The lowest BCUT2D eigenvalue weighted by Gasteiger charge is -2.20. The fourth-order valence-corrected chi connectivity index (χ4v) is 2.09. The first-order chi connectivity index (χ1) is 10.9. The number of benzene rings is 1. The number of carbonyl (C=O) groups excluding carboxylic acids is 2.